The first-order valence-corrected chi connectivity index (χ1v) is 11.6. The maximum absolute atomic E-state index is 13.0. The number of benzene rings is 3. The molecule has 1 atom stereocenters. The van der Waals surface area contributed by atoms with Gasteiger partial charge in [0.1, 0.15) is 6.04 Å². The lowest BCUT2D eigenvalue weighted by Gasteiger charge is -2.19. The van der Waals surface area contributed by atoms with E-state index < -0.39 is 6.04 Å². The van der Waals surface area contributed by atoms with E-state index in [0.717, 1.165) is 11.1 Å². The number of para-hydroxylation sites is 2. The van der Waals surface area contributed by atoms with Crippen LogP contribution in [0.1, 0.15) is 42.5 Å². The van der Waals surface area contributed by atoms with Crippen molar-refractivity contribution in [2.75, 3.05) is 29.5 Å². The quantitative estimate of drug-likeness (QED) is 0.223. The van der Waals surface area contributed by atoms with Gasteiger partial charge in [0.05, 0.1) is 18.0 Å². The summed E-state index contributed by atoms with van der Waals surface area (Å²) in [6, 6.07) is 21.5. The molecule has 0 heterocycles. The number of aliphatic hydroxyl groups is 1. The fraction of sp³-hybridized carbons (Fsp3) is 0.214. The number of rotatable bonds is 10. The van der Waals surface area contributed by atoms with E-state index in [4.69, 9.17) is 5.73 Å². The van der Waals surface area contributed by atoms with Crippen molar-refractivity contribution in [3.8, 4) is 0 Å². The number of carbonyl (C=O) groups excluding carboxylic acids is 2. The Hall–Kier alpha value is -3.94. The zero-order valence-corrected chi connectivity index (χ0v) is 20.0. The third-order valence-corrected chi connectivity index (χ3v) is 5.48. The SMILES string of the molecule is CC(C)c1ccc(NC(=O)C(NCCO)c2ccc(/C=C/C(=O)Nc3ccccc3N)cc2)cc1. The minimum Gasteiger partial charge on any atom is -0.397 e. The molecule has 6 N–H and O–H groups in total. The Morgan fingerprint density at radius 3 is 2.20 bits per heavy atom. The predicted molar refractivity (Wildman–Crippen MR) is 142 cm³/mol. The van der Waals surface area contributed by atoms with Gasteiger partial charge in [-0.1, -0.05) is 62.4 Å². The summed E-state index contributed by atoms with van der Waals surface area (Å²) < 4.78 is 0. The van der Waals surface area contributed by atoms with Crippen LogP contribution in [0.25, 0.3) is 6.08 Å². The summed E-state index contributed by atoms with van der Waals surface area (Å²) in [4.78, 5) is 25.2. The Balaban J connectivity index is 1.67. The van der Waals surface area contributed by atoms with E-state index in [1.807, 2.05) is 48.5 Å². The van der Waals surface area contributed by atoms with Gasteiger partial charge >= 0.3 is 0 Å². The van der Waals surface area contributed by atoms with Crippen LogP contribution in [0.15, 0.2) is 78.9 Å². The molecule has 0 aliphatic heterocycles. The molecular weight excluding hydrogens is 440 g/mol. The Kier molecular flexibility index (Phi) is 9.17. The van der Waals surface area contributed by atoms with Crippen LogP contribution in [0.4, 0.5) is 17.1 Å². The van der Waals surface area contributed by atoms with Crippen LogP contribution in [0.3, 0.4) is 0 Å². The van der Waals surface area contributed by atoms with Gasteiger partial charge in [-0.05, 0) is 52.9 Å². The molecule has 3 rings (SSSR count). The van der Waals surface area contributed by atoms with Crippen molar-refractivity contribution in [3.63, 3.8) is 0 Å². The van der Waals surface area contributed by atoms with Crippen LogP contribution in [0.2, 0.25) is 0 Å². The molecule has 0 aliphatic carbocycles. The van der Waals surface area contributed by atoms with Crippen LogP contribution in [-0.4, -0.2) is 30.1 Å². The number of hydrogen-bond acceptors (Lipinski definition) is 5. The molecule has 2 amide bonds. The molecule has 1 unspecified atom stereocenters. The lowest BCUT2D eigenvalue weighted by Crippen LogP contribution is -2.34. The lowest BCUT2D eigenvalue weighted by atomic mass is 10.0. The minimum atomic E-state index is -0.644. The molecule has 0 saturated heterocycles. The van der Waals surface area contributed by atoms with Gasteiger partial charge < -0.3 is 21.5 Å². The summed E-state index contributed by atoms with van der Waals surface area (Å²) in [5.74, 6) is -0.106. The summed E-state index contributed by atoms with van der Waals surface area (Å²) in [6.07, 6.45) is 3.11. The molecule has 35 heavy (non-hydrogen) atoms. The summed E-state index contributed by atoms with van der Waals surface area (Å²) in [7, 11) is 0. The number of nitrogens with two attached hydrogens (primary N) is 1. The number of anilines is 3. The van der Waals surface area contributed by atoms with E-state index in [1.165, 1.54) is 11.6 Å². The van der Waals surface area contributed by atoms with Gasteiger partial charge in [0.25, 0.3) is 0 Å². The molecule has 3 aromatic rings. The topological polar surface area (TPSA) is 116 Å². The number of hydrogen-bond donors (Lipinski definition) is 5. The molecule has 7 heteroatoms. The summed E-state index contributed by atoms with van der Waals surface area (Å²) in [6.45, 7) is 4.42. The average molecular weight is 473 g/mol. The first-order valence-electron chi connectivity index (χ1n) is 11.6. The largest absolute Gasteiger partial charge is 0.397 e. The van der Waals surface area contributed by atoms with Crippen molar-refractivity contribution in [3.05, 3.63) is 95.6 Å². The molecule has 7 nitrogen and oxygen atoms in total. The molecule has 3 aromatic carbocycles. The second kappa shape index (κ2) is 12.5. The molecule has 0 aliphatic rings. The van der Waals surface area contributed by atoms with Gasteiger partial charge in [0, 0.05) is 18.3 Å². The van der Waals surface area contributed by atoms with Crippen molar-refractivity contribution < 1.29 is 14.7 Å². The summed E-state index contributed by atoms with van der Waals surface area (Å²) in [5, 5.41) is 18.0. The fourth-order valence-corrected chi connectivity index (χ4v) is 3.49. The van der Waals surface area contributed by atoms with Crippen LogP contribution < -0.4 is 21.7 Å². The average Bonchev–Trinajstić information content (AvgIpc) is 2.85. The molecular formula is C28H32N4O3. The second-order valence-electron chi connectivity index (χ2n) is 8.45. The Bertz CT molecular complexity index is 1160. The highest BCUT2D eigenvalue weighted by molar-refractivity contribution is 6.03. The predicted octanol–water partition coefficient (Wildman–Crippen LogP) is 4.31. The van der Waals surface area contributed by atoms with Crippen molar-refractivity contribution >= 4 is 35.0 Å². The molecule has 0 saturated carbocycles. The van der Waals surface area contributed by atoms with E-state index in [0.29, 0.717) is 23.0 Å². The van der Waals surface area contributed by atoms with Gasteiger partial charge in [-0.2, -0.15) is 0 Å². The van der Waals surface area contributed by atoms with Gasteiger partial charge in [-0.25, -0.2) is 0 Å². The second-order valence-corrected chi connectivity index (χ2v) is 8.45. The number of nitrogens with one attached hydrogen (secondary N) is 3. The first kappa shape index (κ1) is 25.7. The molecule has 0 spiro atoms. The minimum absolute atomic E-state index is 0.0886. The van der Waals surface area contributed by atoms with Gasteiger partial charge in [0.2, 0.25) is 11.8 Å². The third-order valence-electron chi connectivity index (χ3n) is 5.48. The van der Waals surface area contributed by atoms with Crippen molar-refractivity contribution in [2.45, 2.75) is 25.8 Å². The van der Waals surface area contributed by atoms with Crippen molar-refractivity contribution in [1.29, 1.82) is 0 Å². The third kappa shape index (κ3) is 7.53. The normalized spacial score (nSPS) is 12.0. The zero-order chi connectivity index (χ0) is 25.2. The maximum atomic E-state index is 13.0. The Morgan fingerprint density at radius 1 is 0.914 bits per heavy atom. The lowest BCUT2D eigenvalue weighted by molar-refractivity contribution is -0.118. The molecule has 182 valence electrons. The molecule has 0 radical (unpaired) electrons. The number of carbonyl (C=O) groups is 2. The number of nitrogen functional groups attached to an aromatic ring is 1. The highest BCUT2D eigenvalue weighted by Crippen LogP contribution is 2.21. The monoisotopic (exact) mass is 472 g/mol. The van der Waals surface area contributed by atoms with E-state index in [-0.39, 0.29) is 25.0 Å². The van der Waals surface area contributed by atoms with Gasteiger partial charge in [-0.3, -0.25) is 14.9 Å². The van der Waals surface area contributed by atoms with Crippen LogP contribution in [0.5, 0.6) is 0 Å². The van der Waals surface area contributed by atoms with Crippen LogP contribution in [-0.2, 0) is 9.59 Å². The van der Waals surface area contributed by atoms with E-state index in [1.54, 1.807) is 30.3 Å². The van der Waals surface area contributed by atoms with Crippen molar-refractivity contribution in [2.24, 2.45) is 0 Å². The Labute approximate surface area is 206 Å². The summed E-state index contributed by atoms with van der Waals surface area (Å²) >= 11 is 0. The molecule has 0 bridgehead atoms. The first-order chi connectivity index (χ1) is 16.9. The highest BCUT2D eigenvalue weighted by Gasteiger charge is 2.20. The van der Waals surface area contributed by atoms with Crippen LogP contribution in [0, 0.1) is 0 Å². The zero-order valence-electron chi connectivity index (χ0n) is 20.0. The number of aliphatic hydroxyl groups excluding tert-OH is 1. The number of amides is 2. The van der Waals surface area contributed by atoms with Gasteiger partial charge in [0.15, 0.2) is 0 Å². The molecule has 0 aromatic heterocycles. The van der Waals surface area contributed by atoms with E-state index in [2.05, 4.69) is 29.8 Å². The molecule has 0 fully saturated rings. The standard InChI is InChI=1S/C28H32N4O3/c1-19(2)21-12-14-23(15-13-21)31-28(35)27(30-17-18-33)22-10-7-20(8-11-22)9-16-26(34)32-25-6-4-3-5-24(25)29/h3-16,19,27,30,33H,17-18,29H2,1-2H3,(H,31,35)(H,32,34)/b16-9+. The van der Waals surface area contributed by atoms with Gasteiger partial charge in [-0.15, -0.1) is 0 Å². The van der Waals surface area contributed by atoms with Crippen LogP contribution >= 0.6 is 0 Å². The maximum Gasteiger partial charge on any atom is 0.248 e. The Morgan fingerprint density at radius 2 is 1.57 bits per heavy atom. The summed E-state index contributed by atoms with van der Waals surface area (Å²) in [5.41, 5.74) is 10.4. The van der Waals surface area contributed by atoms with Crippen molar-refractivity contribution in [1.82, 2.24) is 5.32 Å². The smallest absolute Gasteiger partial charge is 0.248 e. The fourth-order valence-electron chi connectivity index (χ4n) is 3.49. The van der Waals surface area contributed by atoms with E-state index >= 15 is 0 Å². The van der Waals surface area contributed by atoms with E-state index in [9.17, 15) is 14.7 Å². The highest BCUT2D eigenvalue weighted by atomic mass is 16.3.